The fraction of sp³-hybridized carbons (Fsp3) is 0.273. The number of hydrogen-bond donors (Lipinski definition) is 4. The van der Waals surface area contributed by atoms with Crippen molar-refractivity contribution in [2.24, 2.45) is 0 Å². The highest BCUT2D eigenvalue weighted by molar-refractivity contribution is 6.39. The number of fused-ring (bicyclic) bond motifs is 1. The van der Waals surface area contributed by atoms with E-state index in [1.54, 1.807) is 11.6 Å². The summed E-state index contributed by atoms with van der Waals surface area (Å²) >= 11 is 14.1. The van der Waals surface area contributed by atoms with Crippen LogP contribution in [0.3, 0.4) is 0 Å². The summed E-state index contributed by atoms with van der Waals surface area (Å²) in [5.41, 5.74) is 6.88. The summed E-state index contributed by atoms with van der Waals surface area (Å²) in [6.45, 7) is 2.33. The van der Waals surface area contributed by atoms with Gasteiger partial charge in [-0.15, -0.1) is 0 Å². The van der Waals surface area contributed by atoms with Crippen LogP contribution >= 0.6 is 23.2 Å². The Labute approximate surface area is 270 Å². The van der Waals surface area contributed by atoms with Crippen LogP contribution in [0.2, 0.25) is 10.0 Å². The van der Waals surface area contributed by atoms with Crippen molar-refractivity contribution in [2.45, 2.75) is 32.0 Å². The largest absolute Gasteiger partial charge is 0.481 e. The Bertz CT molecular complexity index is 1850. The maximum Gasteiger partial charge on any atom is 0.220 e. The highest BCUT2D eigenvalue weighted by Crippen LogP contribution is 2.42. The first-order valence-corrected chi connectivity index (χ1v) is 15.5. The molecule has 232 valence electrons. The topological polar surface area (TPSA) is 126 Å². The summed E-state index contributed by atoms with van der Waals surface area (Å²) in [6.07, 6.45) is 3.27. The first-order valence-electron chi connectivity index (χ1n) is 14.7. The molecule has 4 N–H and O–H groups in total. The van der Waals surface area contributed by atoms with Gasteiger partial charge in [0.25, 0.3) is 0 Å². The molecule has 12 heteroatoms. The van der Waals surface area contributed by atoms with Crippen LogP contribution in [0.1, 0.15) is 24.1 Å². The summed E-state index contributed by atoms with van der Waals surface area (Å²) in [4.78, 5) is 20.8. The SMILES string of the molecule is COc1nc(-c2cccc(-c3cccc(-c4ccc5nc(CNCCO)cn5n4)c3Cl)c2Cl)ccc1CNC[C@@H]1CCC(=O)N1. The number of pyridine rings is 1. The van der Waals surface area contributed by atoms with Crippen molar-refractivity contribution < 1.29 is 14.6 Å². The normalized spacial score (nSPS) is 14.7. The Morgan fingerprint density at radius 2 is 1.64 bits per heavy atom. The van der Waals surface area contributed by atoms with Crippen LogP contribution in [0.15, 0.2) is 66.9 Å². The van der Waals surface area contributed by atoms with Gasteiger partial charge in [-0.2, -0.15) is 5.10 Å². The molecule has 0 unspecified atom stereocenters. The molecule has 5 aromatic rings. The first-order chi connectivity index (χ1) is 21.9. The number of aliphatic hydroxyl groups is 1. The van der Waals surface area contributed by atoms with Crippen molar-refractivity contribution in [3.8, 4) is 39.5 Å². The molecule has 0 saturated carbocycles. The predicted octanol–water partition coefficient (Wildman–Crippen LogP) is 4.89. The van der Waals surface area contributed by atoms with Gasteiger partial charge in [0, 0.05) is 66.5 Å². The minimum atomic E-state index is 0.0658. The molecule has 0 aliphatic carbocycles. The molecule has 1 saturated heterocycles. The highest BCUT2D eigenvalue weighted by Gasteiger charge is 2.21. The van der Waals surface area contributed by atoms with Crippen molar-refractivity contribution in [2.75, 3.05) is 26.8 Å². The van der Waals surface area contributed by atoms with Gasteiger partial charge in [-0.05, 0) is 24.6 Å². The molecule has 0 bridgehead atoms. The number of nitrogens with zero attached hydrogens (tertiary/aromatic N) is 4. The van der Waals surface area contributed by atoms with E-state index in [0.29, 0.717) is 59.9 Å². The van der Waals surface area contributed by atoms with Gasteiger partial charge in [-0.1, -0.05) is 65.7 Å². The zero-order valence-corrected chi connectivity index (χ0v) is 26.2. The zero-order chi connectivity index (χ0) is 31.3. The van der Waals surface area contributed by atoms with Crippen molar-refractivity contribution >= 4 is 34.8 Å². The fourth-order valence-electron chi connectivity index (χ4n) is 5.47. The number of methoxy groups -OCH3 is 1. The Hall–Kier alpha value is -4.06. The van der Waals surface area contributed by atoms with Gasteiger partial charge in [-0.3, -0.25) is 4.79 Å². The molecular weight excluding hydrogens is 613 g/mol. The lowest BCUT2D eigenvalue weighted by atomic mass is 9.98. The number of carbonyl (C=O) groups excluding carboxylic acids is 1. The van der Waals surface area contributed by atoms with Gasteiger partial charge in [0.2, 0.25) is 11.8 Å². The Kier molecular flexibility index (Phi) is 9.58. The molecule has 3 aromatic heterocycles. The van der Waals surface area contributed by atoms with E-state index in [-0.39, 0.29) is 18.6 Å². The summed E-state index contributed by atoms with van der Waals surface area (Å²) in [5.74, 6) is 0.605. The molecule has 4 heterocycles. The number of nitrogens with one attached hydrogen (secondary N) is 3. The maximum atomic E-state index is 11.5. The van der Waals surface area contributed by atoms with E-state index >= 15 is 0 Å². The number of benzene rings is 2. The average molecular weight is 647 g/mol. The molecular formula is C33H33Cl2N7O3. The second-order valence-corrected chi connectivity index (χ2v) is 11.5. The summed E-state index contributed by atoms with van der Waals surface area (Å²) in [6, 6.07) is 19.4. The third-order valence-corrected chi connectivity index (χ3v) is 8.54. The Morgan fingerprint density at radius 3 is 2.33 bits per heavy atom. The number of aliphatic hydroxyl groups excluding tert-OH is 1. The lowest BCUT2D eigenvalue weighted by Gasteiger charge is -2.15. The van der Waals surface area contributed by atoms with Crippen LogP contribution in [-0.2, 0) is 17.9 Å². The van der Waals surface area contributed by atoms with Crippen LogP contribution in [0, 0.1) is 0 Å². The summed E-state index contributed by atoms with van der Waals surface area (Å²) < 4.78 is 7.36. The minimum absolute atomic E-state index is 0.0658. The van der Waals surface area contributed by atoms with Crippen LogP contribution < -0.4 is 20.7 Å². The fourth-order valence-corrected chi connectivity index (χ4v) is 6.12. The number of rotatable bonds is 12. The molecule has 1 fully saturated rings. The second-order valence-electron chi connectivity index (χ2n) is 10.8. The van der Waals surface area contributed by atoms with Crippen LogP contribution in [0.5, 0.6) is 5.88 Å². The van der Waals surface area contributed by atoms with E-state index in [4.69, 9.17) is 43.1 Å². The molecule has 1 aliphatic heterocycles. The van der Waals surface area contributed by atoms with Crippen molar-refractivity contribution in [3.63, 3.8) is 0 Å². The van der Waals surface area contributed by atoms with E-state index < -0.39 is 0 Å². The van der Waals surface area contributed by atoms with Crippen molar-refractivity contribution in [1.29, 1.82) is 0 Å². The van der Waals surface area contributed by atoms with Gasteiger partial charge in [-0.25, -0.2) is 14.5 Å². The molecule has 10 nitrogen and oxygen atoms in total. The number of halogens is 2. The van der Waals surface area contributed by atoms with Crippen LogP contribution in [-0.4, -0.2) is 63.4 Å². The Morgan fingerprint density at radius 1 is 0.933 bits per heavy atom. The van der Waals surface area contributed by atoms with Gasteiger partial charge in [0.05, 0.1) is 47.0 Å². The first kappa shape index (κ1) is 30.9. The number of hydrogen-bond acceptors (Lipinski definition) is 8. The molecule has 0 spiro atoms. The molecule has 6 rings (SSSR count). The second kappa shape index (κ2) is 13.9. The lowest BCUT2D eigenvalue weighted by molar-refractivity contribution is -0.119. The van der Waals surface area contributed by atoms with Gasteiger partial charge in [0.15, 0.2) is 5.65 Å². The molecule has 2 aromatic carbocycles. The quantitative estimate of drug-likeness (QED) is 0.141. The van der Waals surface area contributed by atoms with Crippen molar-refractivity contribution in [1.82, 2.24) is 35.5 Å². The van der Waals surface area contributed by atoms with Crippen molar-refractivity contribution in [3.05, 3.63) is 88.2 Å². The van der Waals surface area contributed by atoms with Gasteiger partial charge in [0.1, 0.15) is 0 Å². The van der Waals surface area contributed by atoms with E-state index in [0.717, 1.165) is 45.6 Å². The standard InChI is InChI=1S/C33H33Cl2N7O3/c1-45-33-20(16-37-17-21-9-13-30(44)39-21)8-10-27(40-33)25-6-2-4-23(31(25)34)24-5-3-7-26(32(24)35)28-11-12-29-38-22(18-36-14-15-43)19-42(29)41-28/h2-8,10-12,19,21,36-37,43H,9,13-18H2,1H3,(H,39,44)/t21-/m0/s1. The summed E-state index contributed by atoms with van der Waals surface area (Å²) in [5, 5.41) is 24.3. The van der Waals surface area contributed by atoms with E-state index in [1.165, 1.54) is 0 Å². The van der Waals surface area contributed by atoms with Gasteiger partial charge < -0.3 is 25.8 Å². The monoisotopic (exact) mass is 645 g/mol. The number of ether oxygens (including phenoxy) is 1. The molecule has 0 radical (unpaired) electrons. The highest BCUT2D eigenvalue weighted by atomic mass is 35.5. The van der Waals surface area contributed by atoms with E-state index in [2.05, 4.69) is 20.9 Å². The third kappa shape index (κ3) is 6.80. The molecule has 45 heavy (non-hydrogen) atoms. The van der Waals surface area contributed by atoms with E-state index in [9.17, 15) is 4.79 Å². The average Bonchev–Trinajstić information content (AvgIpc) is 3.66. The van der Waals surface area contributed by atoms with Crippen LogP contribution in [0.25, 0.3) is 39.3 Å². The number of carbonyl (C=O) groups is 1. The van der Waals surface area contributed by atoms with Crippen LogP contribution in [0.4, 0.5) is 0 Å². The van der Waals surface area contributed by atoms with Gasteiger partial charge >= 0.3 is 0 Å². The Balaban J connectivity index is 1.25. The molecule has 1 aliphatic rings. The number of amides is 1. The zero-order valence-electron chi connectivity index (χ0n) is 24.7. The smallest absolute Gasteiger partial charge is 0.220 e. The lowest BCUT2D eigenvalue weighted by Crippen LogP contribution is -2.35. The molecule has 1 amide bonds. The summed E-state index contributed by atoms with van der Waals surface area (Å²) in [7, 11) is 1.60. The minimum Gasteiger partial charge on any atom is -0.481 e. The predicted molar refractivity (Wildman–Crippen MR) is 175 cm³/mol. The number of aromatic nitrogens is 4. The number of imidazole rings is 1. The maximum absolute atomic E-state index is 11.5. The molecule has 1 atom stereocenters. The third-order valence-electron chi connectivity index (χ3n) is 7.73. The van der Waals surface area contributed by atoms with E-state index in [1.807, 2.05) is 66.9 Å².